The minimum Gasteiger partial charge on any atom is -0.435 e. The Morgan fingerprint density at radius 1 is 1.27 bits per heavy atom. The molecule has 0 radical (unpaired) electrons. The highest BCUT2D eigenvalue weighted by Crippen LogP contribution is 2.31. The number of oxazole rings is 1. The van der Waals surface area contributed by atoms with Crippen LogP contribution < -0.4 is 0 Å². The zero-order chi connectivity index (χ0) is 15.9. The predicted octanol–water partition coefficient (Wildman–Crippen LogP) is 4.39. The molecule has 0 aliphatic rings. The standard InChI is InChI=1S/C14H6ClIN2O4/c15-13(19)10-5-9(18(20)21)6-11-12(10)22-14(17-11)7-1-3-8(16)4-2-7/h1-6H. The van der Waals surface area contributed by atoms with Gasteiger partial charge in [-0.3, -0.25) is 14.9 Å². The maximum Gasteiger partial charge on any atom is 0.272 e. The summed E-state index contributed by atoms with van der Waals surface area (Å²) in [7, 11) is 0. The molecule has 22 heavy (non-hydrogen) atoms. The Hall–Kier alpha value is -2.00. The lowest BCUT2D eigenvalue weighted by Crippen LogP contribution is -1.94. The number of aromatic nitrogens is 1. The molecule has 0 amide bonds. The molecular weight excluding hydrogens is 423 g/mol. The van der Waals surface area contributed by atoms with Gasteiger partial charge in [0.15, 0.2) is 5.58 Å². The van der Waals surface area contributed by atoms with E-state index < -0.39 is 10.2 Å². The summed E-state index contributed by atoms with van der Waals surface area (Å²) in [5.74, 6) is 0.270. The number of fused-ring (bicyclic) bond motifs is 1. The summed E-state index contributed by atoms with van der Waals surface area (Å²) in [5.41, 5.74) is 0.715. The third-order valence-electron chi connectivity index (χ3n) is 2.99. The molecule has 0 saturated heterocycles. The summed E-state index contributed by atoms with van der Waals surface area (Å²) in [4.78, 5) is 26.0. The van der Waals surface area contributed by atoms with E-state index in [2.05, 4.69) is 27.6 Å². The van der Waals surface area contributed by atoms with Crippen molar-refractivity contribution in [3.63, 3.8) is 0 Å². The molecule has 0 saturated carbocycles. The number of halogens is 2. The van der Waals surface area contributed by atoms with E-state index in [1.165, 1.54) is 6.07 Å². The molecule has 0 unspecified atom stereocenters. The molecule has 0 bridgehead atoms. The van der Waals surface area contributed by atoms with E-state index in [0.29, 0.717) is 5.56 Å². The average molecular weight is 429 g/mol. The van der Waals surface area contributed by atoms with Crippen LogP contribution in [-0.2, 0) is 0 Å². The molecule has 2 aromatic carbocycles. The Kier molecular flexibility index (Phi) is 3.83. The van der Waals surface area contributed by atoms with Crippen molar-refractivity contribution in [2.24, 2.45) is 0 Å². The maximum atomic E-state index is 11.5. The number of rotatable bonds is 3. The lowest BCUT2D eigenvalue weighted by Gasteiger charge is -1.96. The van der Waals surface area contributed by atoms with Crippen LogP contribution in [0.5, 0.6) is 0 Å². The fraction of sp³-hybridized carbons (Fsp3) is 0. The number of carbonyl (C=O) groups excluding carboxylic acids is 1. The number of nitrogens with zero attached hydrogens (tertiary/aromatic N) is 2. The first-order chi connectivity index (χ1) is 10.5. The van der Waals surface area contributed by atoms with Crippen molar-refractivity contribution in [2.75, 3.05) is 0 Å². The van der Waals surface area contributed by atoms with Crippen LogP contribution in [0.4, 0.5) is 5.69 Å². The van der Waals surface area contributed by atoms with E-state index in [9.17, 15) is 14.9 Å². The maximum absolute atomic E-state index is 11.5. The molecule has 110 valence electrons. The molecular formula is C14H6ClIN2O4. The van der Waals surface area contributed by atoms with Gasteiger partial charge in [-0.15, -0.1) is 0 Å². The van der Waals surface area contributed by atoms with Gasteiger partial charge in [-0.05, 0) is 58.5 Å². The van der Waals surface area contributed by atoms with Crippen molar-refractivity contribution in [1.82, 2.24) is 4.98 Å². The highest BCUT2D eigenvalue weighted by Gasteiger charge is 2.21. The number of nitro benzene ring substituents is 1. The van der Waals surface area contributed by atoms with Crippen LogP contribution in [0.3, 0.4) is 0 Å². The fourth-order valence-electron chi connectivity index (χ4n) is 1.99. The second kappa shape index (κ2) is 5.65. The zero-order valence-corrected chi connectivity index (χ0v) is 13.7. The van der Waals surface area contributed by atoms with Crippen molar-refractivity contribution in [2.45, 2.75) is 0 Å². The smallest absolute Gasteiger partial charge is 0.272 e. The van der Waals surface area contributed by atoms with Crippen LogP contribution in [0.15, 0.2) is 40.8 Å². The van der Waals surface area contributed by atoms with Gasteiger partial charge in [-0.25, -0.2) is 4.98 Å². The molecule has 0 aliphatic heterocycles. The van der Waals surface area contributed by atoms with Crippen LogP contribution in [-0.4, -0.2) is 15.1 Å². The molecule has 1 heterocycles. The van der Waals surface area contributed by atoms with Crippen LogP contribution in [0.1, 0.15) is 10.4 Å². The lowest BCUT2D eigenvalue weighted by molar-refractivity contribution is -0.384. The SMILES string of the molecule is O=C(Cl)c1cc([N+](=O)[O-])cc2nc(-c3ccc(I)cc3)oc12. The molecule has 8 heteroatoms. The number of carbonyl (C=O) groups is 1. The molecule has 0 spiro atoms. The summed E-state index contributed by atoms with van der Waals surface area (Å²) in [6.07, 6.45) is 0. The van der Waals surface area contributed by atoms with Gasteiger partial charge in [0.05, 0.1) is 10.5 Å². The lowest BCUT2D eigenvalue weighted by atomic mass is 10.2. The van der Waals surface area contributed by atoms with Gasteiger partial charge in [-0.2, -0.15) is 0 Å². The van der Waals surface area contributed by atoms with Crippen molar-refractivity contribution in [1.29, 1.82) is 0 Å². The minimum absolute atomic E-state index is 0.0740. The van der Waals surface area contributed by atoms with Crippen LogP contribution in [0.25, 0.3) is 22.6 Å². The summed E-state index contributed by atoms with van der Waals surface area (Å²) in [5, 5.41) is 10.1. The summed E-state index contributed by atoms with van der Waals surface area (Å²) < 4.78 is 6.63. The summed E-state index contributed by atoms with van der Waals surface area (Å²) in [6.45, 7) is 0. The van der Waals surface area contributed by atoms with Gasteiger partial charge in [-0.1, -0.05) is 0 Å². The van der Waals surface area contributed by atoms with Gasteiger partial charge in [0, 0.05) is 21.3 Å². The van der Waals surface area contributed by atoms with E-state index in [-0.39, 0.29) is 28.2 Å². The molecule has 0 atom stereocenters. The van der Waals surface area contributed by atoms with Crippen molar-refractivity contribution >= 4 is 56.2 Å². The Morgan fingerprint density at radius 3 is 2.55 bits per heavy atom. The van der Waals surface area contributed by atoms with Crippen molar-refractivity contribution in [3.8, 4) is 11.5 Å². The van der Waals surface area contributed by atoms with E-state index in [4.69, 9.17) is 16.0 Å². The first-order valence-electron chi connectivity index (χ1n) is 6.00. The van der Waals surface area contributed by atoms with E-state index in [1.54, 1.807) is 0 Å². The molecule has 0 N–H and O–H groups in total. The topological polar surface area (TPSA) is 86.2 Å². The van der Waals surface area contributed by atoms with Gasteiger partial charge < -0.3 is 4.42 Å². The van der Waals surface area contributed by atoms with E-state index in [1.807, 2.05) is 24.3 Å². The molecule has 6 nitrogen and oxygen atoms in total. The van der Waals surface area contributed by atoms with Gasteiger partial charge in [0.1, 0.15) is 5.52 Å². The number of nitro groups is 1. The van der Waals surface area contributed by atoms with Gasteiger partial charge in [0.25, 0.3) is 10.9 Å². The zero-order valence-electron chi connectivity index (χ0n) is 10.7. The van der Waals surface area contributed by atoms with Crippen LogP contribution in [0.2, 0.25) is 0 Å². The van der Waals surface area contributed by atoms with Crippen molar-refractivity contribution < 1.29 is 14.1 Å². The first-order valence-corrected chi connectivity index (χ1v) is 7.46. The van der Waals surface area contributed by atoms with Crippen molar-refractivity contribution in [3.05, 3.63) is 55.6 Å². The highest BCUT2D eigenvalue weighted by atomic mass is 127. The number of benzene rings is 2. The van der Waals surface area contributed by atoms with Crippen LogP contribution in [0, 0.1) is 13.7 Å². The largest absolute Gasteiger partial charge is 0.435 e. The Balaban J connectivity index is 2.24. The Labute approximate surface area is 142 Å². The van der Waals surface area contributed by atoms with Crippen LogP contribution >= 0.6 is 34.2 Å². The molecule has 0 aliphatic carbocycles. The quantitative estimate of drug-likeness (QED) is 0.267. The van der Waals surface area contributed by atoms with E-state index in [0.717, 1.165) is 9.64 Å². The monoisotopic (exact) mass is 428 g/mol. The van der Waals surface area contributed by atoms with Gasteiger partial charge in [0.2, 0.25) is 5.89 Å². The molecule has 3 aromatic rings. The predicted molar refractivity (Wildman–Crippen MR) is 89.0 cm³/mol. The summed E-state index contributed by atoms with van der Waals surface area (Å²) >= 11 is 7.65. The normalized spacial score (nSPS) is 10.8. The Morgan fingerprint density at radius 2 is 1.95 bits per heavy atom. The molecule has 1 aromatic heterocycles. The fourth-order valence-corrected chi connectivity index (χ4v) is 2.49. The molecule has 0 fully saturated rings. The molecule has 3 rings (SSSR count). The Bertz CT molecular complexity index is 905. The number of non-ortho nitro benzene ring substituents is 1. The minimum atomic E-state index is -0.834. The number of hydrogen-bond donors (Lipinski definition) is 0. The first kappa shape index (κ1) is 14.9. The second-order valence-electron chi connectivity index (χ2n) is 4.40. The third-order valence-corrected chi connectivity index (χ3v) is 3.91. The third kappa shape index (κ3) is 2.69. The average Bonchev–Trinajstić information content (AvgIpc) is 2.90. The number of hydrogen-bond acceptors (Lipinski definition) is 5. The summed E-state index contributed by atoms with van der Waals surface area (Å²) in [6, 6.07) is 9.70. The van der Waals surface area contributed by atoms with E-state index >= 15 is 0 Å². The highest BCUT2D eigenvalue weighted by molar-refractivity contribution is 14.1. The second-order valence-corrected chi connectivity index (χ2v) is 5.99. The van der Waals surface area contributed by atoms with Gasteiger partial charge >= 0.3 is 0 Å².